The van der Waals surface area contributed by atoms with Crippen LogP contribution in [0.25, 0.3) is 0 Å². The molecule has 106 valence electrons. The Hall–Kier alpha value is -1.52. The van der Waals surface area contributed by atoms with E-state index in [0.717, 1.165) is 12.1 Å². The van der Waals surface area contributed by atoms with Crippen molar-refractivity contribution in [1.82, 2.24) is 14.9 Å². The number of aromatic nitrogens is 2. The zero-order valence-corrected chi connectivity index (χ0v) is 11.9. The van der Waals surface area contributed by atoms with Crippen molar-refractivity contribution in [3.63, 3.8) is 0 Å². The number of halogens is 1. The molecule has 2 atom stereocenters. The first-order valence-electron chi connectivity index (χ1n) is 6.92. The lowest BCUT2D eigenvalue weighted by Crippen LogP contribution is -2.33. The number of benzene rings is 1. The predicted octanol–water partition coefficient (Wildman–Crippen LogP) is 3.13. The van der Waals surface area contributed by atoms with Crippen LogP contribution < -0.4 is 5.32 Å². The van der Waals surface area contributed by atoms with Gasteiger partial charge in [-0.15, -0.1) is 0 Å². The second-order valence-corrected chi connectivity index (χ2v) is 5.69. The molecule has 2 unspecified atom stereocenters. The van der Waals surface area contributed by atoms with Crippen LogP contribution in [0.2, 0.25) is 5.02 Å². The number of nitrogens with one attached hydrogen (secondary N) is 1. The predicted molar refractivity (Wildman–Crippen MR) is 78.9 cm³/mol. The van der Waals surface area contributed by atoms with Crippen LogP contribution in [0.5, 0.6) is 5.75 Å². The van der Waals surface area contributed by atoms with Crippen molar-refractivity contribution in [1.29, 1.82) is 0 Å². The molecule has 2 aromatic rings. The fourth-order valence-electron chi connectivity index (χ4n) is 2.91. The fraction of sp³-hybridized carbons (Fsp3) is 0.400. The maximum Gasteiger partial charge on any atom is 0.134 e. The van der Waals surface area contributed by atoms with E-state index < -0.39 is 0 Å². The molecule has 0 spiro atoms. The van der Waals surface area contributed by atoms with Crippen LogP contribution in [0.15, 0.2) is 36.9 Å². The van der Waals surface area contributed by atoms with Gasteiger partial charge in [0.2, 0.25) is 0 Å². The normalized spacial score (nSPS) is 22.2. The lowest BCUT2D eigenvalue weighted by atomic mass is 10.1. The van der Waals surface area contributed by atoms with Crippen molar-refractivity contribution in [2.45, 2.75) is 37.9 Å². The molecule has 0 radical (unpaired) electrons. The highest BCUT2D eigenvalue weighted by molar-refractivity contribution is 6.32. The van der Waals surface area contributed by atoms with Crippen LogP contribution >= 0.6 is 11.6 Å². The van der Waals surface area contributed by atoms with E-state index in [1.807, 2.05) is 30.9 Å². The molecule has 1 aromatic carbocycles. The lowest BCUT2D eigenvalue weighted by molar-refractivity contribution is 0.390. The number of imidazole rings is 1. The third-order valence-electron chi connectivity index (χ3n) is 3.97. The minimum Gasteiger partial charge on any atom is -0.506 e. The third kappa shape index (κ3) is 2.81. The van der Waals surface area contributed by atoms with Gasteiger partial charge in [0.05, 0.1) is 11.3 Å². The summed E-state index contributed by atoms with van der Waals surface area (Å²) in [6, 6.07) is 6.28. The molecule has 1 saturated carbocycles. The number of hydrogen-bond donors (Lipinski definition) is 2. The van der Waals surface area contributed by atoms with Gasteiger partial charge in [-0.05, 0) is 37.0 Å². The van der Waals surface area contributed by atoms with Gasteiger partial charge in [-0.25, -0.2) is 4.98 Å². The van der Waals surface area contributed by atoms with Crippen LogP contribution in [-0.2, 0) is 6.54 Å². The summed E-state index contributed by atoms with van der Waals surface area (Å²) >= 11 is 5.93. The maximum atomic E-state index is 9.43. The number of aromatic hydroxyl groups is 1. The average molecular weight is 292 g/mol. The molecule has 5 heteroatoms. The van der Waals surface area contributed by atoms with E-state index >= 15 is 0 Å². The molecule has 1 fully saturated rings. The Balaban J connectivity index is 1.64. The first-order valence-corrected chi connectivity index (χ1v) is 7.30. The van der Waals surface area contributed by atoms with E-state index in [9.17, 15) is 5.11 Å². The summed E-state index contributed by atoms with van der Waals surface area (Å²) in [5, 5.41) is 13.4. The van der Waals surface area contributed by atoms with Crippen molar-refractivity contribution in [2.24, 2.45) is 0 Å². The Morgan fingerprint density at radius 3 is 3.05 bits per heavy atom. The minimum absolute atomic E-state index is 0.132. The Labute approximate surface area is 123 Å². The smallest absolute Gasteiger partial charge is 0.134 e. The van der Waals surface area contributed by atoms with Gasteiger partial charge in [0.1, 0.15) is 5.75 Å². The molecule has 0 bridgehead atoms. The summed E-state index contributed by atoms with van der Waals surface area (Å²) in [7, 11) is 0. The number of rotatable bonds is 4. The van der Waals surface area contributed by atoms with Gasteiger partial charge in [-0.2, -0.15) is 0 Å². The quantitative estimate of drug-likeness (QED) is 0.910. The molecular formula is C15H18ClN3O. The van der Waals surface area contributed by atoms with Gasteiger partial charge < -0.3 is 15.0 Å². The van der Waals surface area contributed by atoms with E-state index in [1.54, 1.807) is 6.07 Å². The van der Waals surface area contributed by atoms with E-state index in [1.165, 1.54) is 19.3 Å². The third-order valence-corrected chi connectivity index (χ3v) is 4.27. The van der Waals surface area contributed by atoms with Gasteiger partial charge in [-0.1, -0.05) is 17.7 Å². The number of nitrogens with zero attached hydrogens (tertiary/aromatic N) is 2. The van der Waals surface area contributed by atoms with E-state index in [4.69, 9.17) is 11.6 Å². The topological polar surface area (TPSA) is 50.1 Å². The maximum absolute atomic E-state index is 9.43. The minimum atomic E-state index is 0.132. The monoisotopic (exact) mass is 291 g/mol. The highest BCUT2D eigenvalue weighted by Gasteiger charge is 2.27. The molecule has 4 nitrogen and oxygen atoms in total. The Morgan fingerprint density at radius 2 is 2.30 bits per heavy atom. The molecule has 3 rings (SSSR count). The number of hydrogen-bond acceptors (Lipinski definition) is 3. The standard InChI is InChI=1S/C15H18ClN3O/c16-12-8-11(4-5-15(12)20)9-18-13-2-1-3-14(13)19-7-6-17-10-19/h4-8,10,13-14,18,20H,1-3,9H2. The lowest BCUT2D eigenvalue weighted by Gasteiger charge is -2.22. The van der Waals surface area contributed by atoms with Gasteiger partial charge >= 0.3 is 0 Å². The molecule has 0 amide bonds. The Morgan fingerprint density at radius 1 is 1.40 bits per heavy atom. The molecule has 1 aliphatic rings. The Kier molecular flexibility index (Phi) is 3.94. The zero-order chi connectivity index (χ0) is 13.9. The molecule has 1 aliphatic carbocycles. The van der Waals surface area contributed by atoms with Gasteiger partial charge in [0, 0.05) is 31.0 Å². The van der Waals surface area contributed by atoms with Gasteiger partial charge in [-0.3, -0.25) is 0 Å². The molecule has 20 heavy (non-hydrogen) atoms. The van der Waals surface area contributed by atoms with Crippen LogP contribution in [-0.4, -0.2) is 20.7 Å². The average Bonchev–Trinajstić information content (AvgIpc) is 3.09. The van der Waals surface area contributed by atoms with E-state index in [0.29, 0.717) is 17.1 Å². The van der Waals surface area contributed by atoms with Gasteiger partial charge in [0.15, 0.2) is 0 Å². The van der Waals surface area contributed by atoms with Crippen molar-refractivity contribution >= 4 is 11.6 Å². The Bertz CT molecular complexity index is 571. The molecule has 1 heterocycles. The SMILES string of the molecule is Oc1ccc(CNC2CCCC2n2ccnc2)cc1Cl. The summed E-state index contributed by atoms with van der Waals surface area (Å²) in [6.45, 7) is 0.760. The van der Waals surface area contributed by atoms with Crippen LogP contribution in [0.1, 0.15) is 30.9 Å². The largest absolute Gasteiger partial charge is 0.506 e. The van der Waals surface area contributed by atoms with Crippen LogP contribution in [0.3, 0.4) is 0 Å². The first-order chi connectivity index (χ1) is 9.74. The second kappa shape index (κ2) is 5.85. The van der Waals surface area contributed by atoms with E-state index in [-0.39, 0.29) is 5.75 Å². The molecule has 0 saturated heterocycles. The summed E-state index contributed by atoms with van der Waals surface area (Å²) in [6.07, 6.45) is 9.34. The second-order valence-electron chi connectivity index (χ2n) is 5.28. The highest BCUT2D eigenvalue weighted by atomic mass is 35.5. The summed E-state index contributed by atoms with van der Waals surface area (Å²) in [5.74, 6) is 0.132. The van der Waals surface area contributed by atoms with E-state index in [2.05, 4.69) is 14.9 Å². The summed E-state index contributed by atoms with van der Waals surface area (Å²) < 4.78 is 2.19. The van der Waals surface area contributed by atoms with Crippen molar-refractivity contribution in [3.8, 4) is 5.75 Å². The van der Waals surface area contributed by atoms with Crippen molar-refractivity contribution in [2.75, 3.05) is 0 Å². The molecule has 1 aromatic heterocycles. The van der Waals surface area contributed by atoms with Crippen LogP contribution in [0.4, 0.5) is 0 Å². The summed E-state index contributed by atoms with van der Waals surface area (Å²) in [4.78, 5) is 4.13. The number of phenolic OH excluding ortho intramolecular Hbond substituents is 1. The molecule has 2 N–H and O–H groups in total. The zero-order valence-electron chi connectivity index (χ0n) is 11.2. The molecule has 0 aliphatic heterocycles. The first kappa shape index (κ1) is 13.5. The van der Waals surface area contributed by atoms with Crippen LogP contribution in [0, 0.1) is 0 Å². The van der Waals surface area contributed by atoms with Crippen molar-refractivity contribution in [3.05, 3.63) is 47.5 Å². The number of phenols is 1. The van der Waals surface area contributed by atoms with Crippen molar-refractivity contribution < 1.29 is 5.11 Å². The summed E-state index contributed by atoms with van der Waals surface area (Å²) in [5.41, 5.74) is 1.09. The van der Waals surface area contributed by atoms with Gasteiger partial charge in [0.25, 0.3) is 0 Å². The highest BCUT2D eigenvalue weighted by Crippen LogP contribution is 2.30. The molecular weight excluding hydrogens is 274 g/mol. The fourth-order valence-corrected chi connectivity index (χ4v) is 3.11.